The summed E-state index contributed by atoms with van der Waals surface area (Å²) in [6, 6.07) is -0.805. The smallest absolute Gasteiger partial charge is 0.407 e. The molecule has 0 aliphatic carbocycles. The maximum absolute atomic E-state index is 12.5. The van der Waals surface area contributed by atoms with E-state index in [1.165, 1.54) is 6.92 Å². The van der Waals surface area contributed by atoms with Gasteiger partial charge in [0.2, 0.25) is 5.91 Å². The Morgan fingerprint density at radius 2 is 1.88 bits per heavy atom. The first-order valence-corrected chi connectivity index (χ1v) is 7.46. The van der Waals surface area contributed by atoms with Crippen LogP contribution in [0.15, 0.2) is 0 Å². The largest absolute Gasteiger partial charge is 0.469 e. The van der Waals surface area contributed by atoms with Gasteiger partial charge in [0.05, 0.1) is 13.2 Å². The van der Waals surface area contributed by atoms with Crippen LogP contribution in [-0.2, 0) is 23.9 Å². The van der Waals surface area contributed by atoms with Crippen LogP contribution in [-0.4, -0.2) is 65.8 Å². The van der Waals surface area contributed by atoms with Crippen LogP contribution in [0.1, 0.15) is 34.1 Å². The van der Waals surface area contributed by atoms with E-state index in [-0.39, 0.29) is 13.1 Å². The fraction of sp³-hybridized carbons (Fsp3) is 0.733. The van der Waals surface area contributed by atoms with Gasteiger partial charge in [0.1, 0.15) is 17.4 Å². The zero-order valence-electron chi connectivity index (χ0n) is 14.5. The maximum Gasteiger partial charge on any atom is 0.407 e. The average molecular weight is 344 g/mol. The Morgan fingerprint density at radius 3 is 2.33 bits per heavy atom. The van der Waals surface area contributed by atoms with Crippen LogP contribution in [0.3, 0.4) is 0 Å². The first kappa shape index (κ1) is 19.7. The van der Waals surface area contributed by atoms with Crippen LogP contribution >= 0.6 is 0 Å². The summed E-state index contributed by atoms with van der Waals surface area (Å²) in [7, 11) is 1.15. The number of amides is 2. The third-order valence-corrected chi connectivity index (χ3v) is 3.69. The topological polar surface area (TPSA) is 122 Å². The third kappa shape index (κ3) is 4.84. The minimum atomic E-state index is -1.25. The second-order valence-corrected chi connectivity index (χ2v) is 6.96. The molecule has 24 heavy (non-hydrogen) atoms. The number of carbonyl (C=O) groups excluding carboxylic acids is 3. The summed E-state index contributed by atoms with van der Waals surface area (Å²) in [5.74, 6) is -1.98. The Labute approximate surface area is 140 Å². The van der Waals surface area contributed by atoms with Crippen molar-refractivity contribution in [3.05, 3.63) is 0 Å². The molecular formula is C15H24N2O7. The van der Waals surface area contributed by atoms with E-state index in [1.54, 1.807) is 20.8 Å². The Morgan fingerprint density at radius 1 is 1.29 bits per heavy atom. The van der Waals surface area contributed by atoms with Gasteiger partial charge in [-0.25, -0.2) is 4.79 Å². The number of nitrogens with zero attached hydrogens (tertiary/aromatic N) is 1. The molecule has 1 saturated heterocycles. The monoisotopic (exact) mass is 344 g/mol. The standard InChI is InChI=1S/C15H24N2O7/c1-14(2,3)24-12(20)15(4)8-17(13(21)22)7-9(15)16-10(18)6-11(19)23-5/h9H,6-8H2,1-5H3,(H,16,18)(H,21,22). The fourth-order valence-electron chi connectivity index (χ4n) is 2.39. The number of nitrogens with one attached hydrogen (secondary N) is 1. The molecule has 2 N–H and O–H groups in total. The highest BCUT2D eigenvalue weighted by molar-refractivity contribution is 5.94. The number of ether oxygens (including phenoxy) is 2. The molecule has 2 atom stereocenters. The van der Waals surface area contributed by atoms with Crippen molar-refractivity contribution in [1.82, 2.24) is 10.2 Å². The van der Waals surface area contributed by atoms with E-state index in [0.29, 0.717) is 0 Å². The minimum absolute atomic E-state index is 0.0714. The molecule has 1 fully saturated rings. The molecule has 0 bridgehead atoms. The summed E-state index contributed by atoms with van der Waals surface area (Å²) in [5, 5.41) is 11.7. The summed E-state index contributed by atoms with van der Waals surface area (Å²) in [4.78, 5) is 47.9. The van der Waals surface area contributed by atoms with Gasteiger partial charge in [-0.05, 0) is 27.7 Å². The molecule has 1 aliphatic rings. The maximum atomic E-state index is 12.5. The molecule has 0 saturated carbocycles. The number of esters is 2. The molecule has 0 aromatic heterocycles. The molecular weight excluding hydrogens is 320 g/mol. The minimum Gasteiger partial charge on any atom is -0.469 e. The molecule has 9 nitrogen and oxygen atoms in total. The van der Waals surface area contributed by atoms with Crippen molar-refractivity contribution in [2.45, 2.75) is 45.8 Å². The Hall–Kier alpha value is -2.32. The SMILES string of the molecule is COC(=O)CC(=O)NC1CN(C(=O)O)CC1(C)C(=O)OC(C)(C)C. The molecule has 1 heterocycles. The molecule has 2 unspecified atom stereocenters. The first-order chi connectivity index (χ1) is 10.9. The van der Waals surface area contributed by atoms with Gasteiger partial charge < -0.3 is 24.8 Å². The van der Waals surface area contributed by atoms with Crippen molar-refractivity contribution in [2.75, 3.05) is 20.2 Å². The third-order valence-electron chi connectivity index (χ3n) is 3.69. The predicted octanol–water partition coefficient (Wildman–Crippen LogP) is 0.376. The fourth-order valence-corrected chi connectivity index (χ4v) is 2.39. The van der Waals surface area contributed by atoms with E-state index < -0.39 is 47.4 Å². The normalized spacial score (nSPS) is 23.5. The Kier molecular flexibility index (Phi) is 5.80. The van der Waals surface area contributed by atoms with Gasteiger partial charge in [0.25, 0.3) is 0 Å². The highest BCUT2D eigenvalue weighted by Gasteiger charge is 2.52. The number of carbonyl (C=O) groups is 4. The van der Waals surface area contributed by atoms with Crippen molar-refractivity contribution in [3.8, 4) is 0 Å². The van der Waals surface area contributed by atoms with Gasteiger partial charge in [-0.1, -0.05) is 0 Å². The number of hydrogen-bond acceptors (Lipinski definition) is 6. The van der Waals surface area contributed by atoms with Crippen LogP contribution in [0.4, 0.5) is 4.79 Å². The summed E-state index contributed by atoms with van der Waals surface area (Å²) in [6.07, 6.45) is -1.71. The molecule has 1 aliphatic heterocycles. The number of rotatable bonds is 4. The van der Waals surface area contributed by atoms with E-state index in [2.05, 4.69) is 10.1 Å². The first-order valence-electron chi connectivity index (χ1n) is 7.46. The van der Waals surface area contributed by atoms with Crippen molar-refractivity contribution in [2.24, 2.45) is 5.41 Å². The van der Waals surface area contributed by atoms with E-state index >= 15 is 0 Å². The van der Waals surface area contributed by atoms with Gasteiger partial charge in [-0.3, -0.25) is 14.4 Å². The van der Waals surface area contributed by atoms with Gasteiger partial charge >= 0.3 is 18.0 Å². The van der Waals surface area contributed by atoms with E-state index in [4.69, 9.17) is 4.74 Å². The molecule has 2 amide bonds. The van der Waals surface area contributed by atoms with Crippen molar-refractivity contribution >= 4 is 23.9 Å². The number of methoxy groups -OCH3 is 1. The molecule has 0 aromatic rings. The Balaban J connectivity index is 2.95. The predicted molar refractivity (Wildman–Crippen MR) is 82.1 cm³/mol. The quantitative estimate of drug-likeness (QED) is 0.558. The zero-order valence-corrected chi connectivity index (χ0v) is 14.5. The average Bonchev–Trinajstić information content (AvgIpc) is 2.75. The van der Waals surface area contributed by atoms with Crippen LogP contribution in [0.25, 0.3) is 0 Å². The lowest BCUT2D eigenvalue weighted by Gasteiger charge is -2.32. The van der Waals surface area contributed by atoms with Crippen LogP contribution in [0.2, 0.25) is 0 Å². The molecule has 0 radical (unpaired) electrons. The van der Waals surface area contributed by atoms with E-state index in [9.17, 15) is 24.3 Å². The highest BCUT2D eigenvalue weighted by atomic mass is 16.6. The van der Waals surface area contributed by atoms with Crippen molar-refractivity contribution in [1.29, 1.82) is 0 Å². The van der Waals surface area contributed by atoms with Gasteiger partial charge in [-0.2, -0.15) is 0 Å². The van der Waals surface area contributed by atoms with Gasteiger partial charge in [-0.15, -0.1) is 0 Å². The second-order valence-electron chi connectivity index (χ2n) is 6.96. The van der Waals surface area contributed by atoms with Crippen LogP contribution in [0, 0.1) is 5.41 Å². The molecule has 1 rings (SSSR count). The van der Waals surface area contributed by atoms with Gasteiger partial charge in [0, 0.05) is 13.1 Å². The highest BCUT2D eigenvalue weighted by Crippen LogP contribution is 2.33. The zero-order chi connectivity index (χ0) is 18.7. The summed E-state index contributed by atoms with van der Waals surface area (Å²) in [5.41, 5.74) is -2.01. The molecule has 9 heteroatoms. The summed E-state index contributed by atoms with van der Waals surface area (Å²) in [6.45, 7) is 6.45. The lowest BCUT2D eigenvalue weighted by atomic mass is 9.85. The molecule has 0 spiro atoms. The summed E-state index contributed by atoms with van der Waals surface area (Å²) < 4.78 is 9.78. The van der Waals surface area contributed by atoms with Crippen molar-refractivity contribution < 1.29 is 33.8 Å². The number of carboxylic acid groups (broad SMARTS) is 1. The number of hydrogen-bond donors (Lipinski definition) is 2. The number of likely N-dealkylation sites (tertiary alicyclic amines) is 1. The molecule has 0 aromatic carbocycles. The van der Waals surface area contributed by atoms with Crippen LogP contribution in [0.5, 0.6) is 0 Å². The van der Waals surface area contributed by atoms with Crippen molar-refractivity contribution in [3.63, 3.8) is 0 Å². The van der Waals surface area contributed by atoms with Gasteiger partial charge in [0.15, 0.2) is 0 Å². The van der Waals surface area contributed by atoms with E-state index in [0.717, 1.165) is 12.0 Å². The van der Waals surface area contributed by atoms with Crippen LogP contribution < -0.4 is 5.32 Å². The molecule has 136 valence electrons. The second kappa shape index (κ2) is 7.06. The Bertz CT molecular complexity index is 540. The summed E-state index contributed by atoms with van der Waals surface area (Å²) >= 11 is 0. The lowest BCUT2D eigenvalue weighted by Crippen LogP contribution is -2.51. The lowest BCUT2D eigenvalue weighted by molar-refractivity contribution is -0.167. The van der Waals surface area contributed by atoms with E-state index in [1.807, 2.05) is 0 Å².